The van der Waals surface area contributed by atoms with E-state index in [9.17, 15) is 9.59 Å². The zero-order valence-corrected chi connectivity index (χ0v) is 14.3. The number of primary amides is 1. The highest BCUT2D eigenvalue weighted by atomic mass is 35.5. The molecule has 2 aromatic carbocycles. The molecule has 5 nitrogen and oxygen atoms in total. The standard InChI is InChI=1S/C19H16ClN3O2/c1-11-16(10-13-9-14(20)4-7-17(13)22-11)19(25)23-15-5-2-12(3-6-15)8-18(21)24/h2-7,9-10H,8H2,1H3,(H2,21,24)(H,23,25). The highest BCUT2D eigenvalue weighted by Crippen LogP contribution is 2.21. The maximum Gasteiger partial charge on any atom is 0.257 e. The van der Waals surface area contributed by atoms with Crippen molar-refractivity contribution in [1.82, 2.24) is 4.98 Å². The molecule has 0 aliphatic carbocycles. The van der Waals surface area contributed by atoms with Gasteiger partial charge in [-0.3, -0.25) is 14.6 Å². The third-order valence-electron chi connectivity index (χ3n) is 3.80. The number of nitrogens with two attached hydrogens (primary N) is 1. The van der Waals surface area contributed by atoms with E-state index in [-0.39, 0.29) is 12.3 Å². The van der Waals surface area contributed by atoms with Crippen LogP contribution in [-0.2, 0) is 11.2 Å². The second kappa shape index (κ2) is 6.91. The molecule has 0 spiro atoms. The summed E-state index contributed by atoms with van der Waals surface area (Å²) >= 11 is 6.01. The Bertz CT molecular complexity index is 968. The van der Waals surface area contributed by atoms with Crippen LogP contribution in [-0.4, -0.2) is 16.8 Å². The zero-order valence-electron chi connectivity index (χ0n) is 13.5. The fraction of sp³-hybridized carbons (Fsp3) is 0.105. The van der Waals surface area contributed by atoms with Crippen LogP contribution in [0.15, 0.2) is 48.5 Å². The van der Waals surface area contributed by atoms with E-state index < -0.39 is 5.91 Å². The Labute approximate surface area is 149 Å². The van der Waals surface area contributed by atoms with Crippen molar-refractivity contribution in [3.63, 3.8) is 0 Å². The van der Waals surface area contributed by atoms with E-state index in [0.29, 0.717) is 22.0 Å². The van der Waals surface area contributed by atoms with Gasteiger partial charge in [0.05, 0.1) is 23.2 Å². The van der Waals surface area contributed by atoms with Gasteiger partial charge < -0.3 is 11.1 Å². The van der Waals surface area contributed by atoms with Crippen LogP contribution in [0.3, 0.4) is 0 Å². The summed E-state index contributed by atoms with van der Waals surface area (Å²) in [6.07, 6.45) is 0.169. The van der Waals surface area contributed by atoms with E-state index in [0.717, 1.165) is 16.5 Å². The number of nitrogens with zero attached hydrogens (tertiary/aromatic N) is 1. The third-order valence-corrected chi connectivity index (χ3v) is 4.04. The van der Waals surface area contributed by atoms with E-state index in [4.69, 9.17) is 17.3 Å². The molecule has 0 unspecified atom stereocenters. The first-order chi connectivity index (χ1) is 11.9. The highest BCUT2D eigenvalue weighted by Gasteiger charge is 2.12. The number of pyridine rings is 1. The van der Waals surface area contributed by atoms with Crippen LogP contribution in [0.25, 0.3) is 10.9 Å². The SMILES string of the molecule is Cc1nc2ccc(Cl)cc2cc1C(=O)Nc1ccc(CC(N)=O)cc1. The van der Waals surface area contributed by atoms with Crippen molar-refractivity contribution in [2.24, 2.45) is 5.73 Å². The Morgan fingerprint density at radius 2 is 1.84 bits per heavy atom. The van der Waals surface area contributed by atoms with Crippen LogP contribution in [0.5, 0.6) is 0 Å². The normalized spacial score (nSPS) is 10.6. The molecule has 3 N–H and O–H groups in total. The minimum atomic E-state index is -0.395. The molecule has 0 saturated carbocycles. The maximum atomic E-state index is 12.6. The second-order valence-corrected chi connectivity index (χ2v) is 6.19. The first-order valence-electron chi connectivity index (χ1n) is 7.68. The van der Waals surface area contributed by atoms with Crippen LogP contribution in [0.1, 0.15) is 21.6 Å². The molecule has 0 aliphatic rings. The van der Waals surface area contributed by atoms with Gasteiger partial charge in [0.15, 0.2) is 0 Å². The summed E-state index contributed by atoms with van der Waals surface area (Å²) in [4.78, 5) is 27.9. The van der Waals surface area contributed by atoms with Crippen LogP contribution in [0.4, 0.5) is 5.69 Å². The number of aryl methyl sites for hydroxylation is 1. The van der Waals surface area contributed by atoms with Gasteiger partial charge in [-0.25, -0.2) is 0 Å². The molecule has 0 bridgehead atoms. The predicted octanol–water partition coefficient (Wildman–Crippen LogP) is 3.48. The Balaban J connectivity index is 1.84. The molecule has 3 rings (SSSR count). The molecule has 6 heteroatoms. The monoisotopic (exact) mass is 353 g/mol. The first-order valence-corrected chi connectivity index (χ1v) is 8.05. The van der Waals surface area contributed by atoms with Gasteiger partial charge in [-0.15, -0.1) is 0 Å². The van der Waals surface area contributed by atoms with Gasteiger partial charge in [-0.1, -0.05) is 23.7 Å². The van der Waals surface area contributed by atoms with Gasteiger partial charge in [0.2, 0.25) is 5.91 Å². The van der Waals surface area contributed by atoms with Crippen LogP contribution in [0.2, 0.25) is 5.02 Å². The topological polar surface area (TPSA) is 85.1 Å². The second-order valence-electron chi connectivity index (χ2n) is 5.75. The lowest BCUT2D eigenvalue weighted by molar-refractivity contribution is -0.117. The number of hydrogen-bond donors (Lipinski definition) is 2. The number of fused-ring (bicyclic) bond motifs is 1. The van der Waals surface area contributed by atoms with Crippen molar-refractivity contribution in [2.45, 2.75) is 13.3 Å². The maximum absolute atomic E-state index is 12.6. The summed E-state index contributed by atoms with van der Waals surface area (Å²) in [5.74, 6) is -0.650. The Kier molecular flexibility index (Phi) is 4.67. The van der Waals surface area contributed by atoms with Gasteiger partial charge in [-0.05, 0) is 48.9 Å². The number of benzene rings is 2. The molecule has 0 aliphatic heterocycles. The molecule has 0 fully saturated rings. The van der Waals surface area contributed by atoms with Crippen molar-refractivity contribution in [3.05, 3.63) is 70.4 Å². The van der Waals surface area contributed by atoms with Crippen molar-refractivity contribution in [1.29, 1.82) is 0 Å². The van der Waals surface area contributed by atoms with Gasteiger partial charge in [0.1, 0.15) is 0 Å². The summed E-state index contributed by atoms with van der Waals surface area (Å²) in [6.45, 7) is 1.79. The molecular formula is C19H16ClN3O2. The average molecular weight is 354 g/mol. The minimum absolute atomic E-state index is 0.169. The van der Waals surface area contributed by atoms with E-state index >= 15 is 0 Å². The predicted molar refractivity (Wildman–Crippen MR) is 98.8 cm³/mol. The molecule has 3 aromatic rings. The number of halogens is 1. The first kappa shape index (κ1) is 16.9. The summed E-state index contributed by atoms with van der Waals surface area (Å²) < 4.78 is 0. The molecule has 2 amide bonds. The summed E-state index contributed by atoms with van der Waals surface area (Å²) in [5, 5.41) is 4.23. The molecule has 0 atom stereocenters. The number of aromatic nitrogens is 1. The van der Waals surface area contributed by atoms with Crippen molar-refractivity contribution in [2.75, 3.05) is 5.32 Å². The van der Waals surface area contributed by atoms with E-state index in [1.807, 2.05) is 6.07 Å². The lowest BCUT2D eigenvalue weighted by Crippen LogP contribution is -2.15. The smallest absolute Gasteiger partial charge is 0.257 e. The summed E-state index contributed by atoms with van der Waals surface area (Å²) in [7, 11) is 0. The van der Waals surface area contributed by atoms with Crippen LogP contribution >= 0.6 is 11.6 Å². The van der Waals surface area contributed by atoms with Gasteiger partial charge in [0.25, 0.3) is 5.91 Å². The number of carbonyl (C=O) groups is 2. The number of carbonyl (C=O) groups excluding carboxylic acids is 2. The van der Waals surface area contributed by atoms with Gasteiger partial charge in [-0.2, -0.15) is 0 Å². The van der Waals surface area contributed by atoms with Crippen molar-refractivity contribution in [3.8, 4) is 0 Å². The van der Waals surface area contributed by atoms with E-state index in [1.54, 1.807) is 49.4 Å². The van der Waals surface area contributed by atoms with Gasteiger partial charge >= 0.3 is 0 Å². The number of amides is 2. The zero-order chi connectivity index (χ0) is 18.0. The highest BCUT2D eigenvalue weighted by molar-refractivity contribution is 6.31. The molecule has 126 valence electrons. The molecule has 1 aromatic heterocycles. The van der Waals surface area contributed by atoms with Crippen LogP contribution < -0.4 is 11.1 Å². The Morgan fingerprint density at radius 3 is 2.52 bits per heavy atom. The van der Waals surface area contributed by atoms with E-state index in [1.165, 1.54) is 0 Å². The number of hydrogen-bond acceptors (Lipinski definition) is 3. The lowest BCUT2D eigenvalue weighted by atomic mass is 10.1. The minimum Gasteiger partial charge on any atom is -0.369 e. The number of anilines is 1. The third kappa shape index (κ3) is 3.95. The van der Waals surface area contributed by atoms with Crippen molar-refractivity contribution < 1.29 is 9.59 Å². The fourth-order valence-corrected chi connectivity index (χ4v) is 2.76. The van der Waals surface area contributed by atoms with Crippen LogP contribution in [0, 0.1) is 6.92 Å². The quantitative estimate of drug-likeness (QED) is 0.753. The number of nitrogens with one attached hydrogen (secondary N) is 1. The molecule has 1 heterocycles. The lowest BCUT2D eigenvalue weighted by Gasteiger charge is -2.09. The Hall–Kier alpha value is -2.92. The van der Waals surface area contributed by atoms with Gasteiger partial charge in [0, 0.05) is 16.1 Å². The molecule has 25 heavy (non-hydrogen) atoms. The Morgan fingerprint density at radius 1 is 1.12 bits per heavy atom. The van der Waals surface area contributed by atoms with Crippen molar-refractivity contribution >= 4 is 40.0 Å². The largest absolute Gasteiger partial charge is 0.369 e. The summed E-state index contributed by atoms with van der Waals surface area (Å²) in [5.41, 5.74) is 8.50. The fourth-order valence-electron chi connectivity index (χ4n) is 2.58. The average Bonchev–Trinajstić information content (AvgIpc) is 2.56. The molecule has 0 saturated heterocycles. The molecule has 0 radical (unpaired) electrons. The van der Waals surface area contributed by atoms with E-state index in [2.05, 4.69) is 10.3 Å². The summed E-state index contributed by atoms with van der Waals surface area (Å²) in [6, 6.07) is 14.1. The number of rotatable bonds is 4. The molecular weight excluding hydrogens is 338 g/mol.